The second-order valence-electron chi connectivity index (χ2n) is 4.97. The van der Waals surface area contributed by atoms with Gasteiger partial charge in [-0.1, -0.05) is 12.1 Å². The summed E-state index contributed by atoms with van der Waals surface area (Å²) in [5.41, 5.74) is 2.52. The Kier molecular flexibility index (Phi) is 3.64. The Labute approximate surface area is 122 Å². The molecule has 0 aliphatic carbocycles. The fourth-order valence-electron chi connectivity index (χ4n) is 2.22. The van der Waals surface area contributed by atoms with E-state index in [1.165, 1.54) is 0 Å². The summed E-state index contributed by atoms with van der Waals surface area (Å²) in [6.45, 7) is 0.636. The van der Waals surface area contributed by atoms with E-state index in [1.54, 1.807) is 17.3 Å². The summed E-state index contributed by atoms with van der Waals surface area (Å²) in [6.07, 6.45) is 4.26. The molecule has 0 unspecified atom stereocenters. The minimum Gasteiger partial charge on any atom is -0.341 e. The number of rotatable bonds is 4. The maximum absolute atomic E-state index is 12.4. The molecule has 5 nitrogen and oxygen atoms in total. The highest BCUT2D eigenvalue weighted by Gasteiger charge is 2.12. The molecule has 0 spiro atoms. The number of H-pyrrole nitrogens is 1. The normalized spacial score (nSPS) is 10.7. The van der Waals surface area contributed by atoms with Crippen molar-refractivity contribution in [1.29, 1.82) is 0 Å². The van der Waals surface area contributed by atoms with Crippen LogP contribution in [0.2, 0.25) is 0 Å². The van der Waals surface area contributed by atoms with Gasteiger partial charge in [0.15, 0.2) is 0 Å². The first-order chi connectivity index (χ1) is 10.2. The molecule has 106 valence electrons. The van der Waals surface area contributed by atoms with Crippen LogP contribution in [0.15, 0.2) is 48.8 Å². The van der Waals surface area contributed by atoms with Crippen LogP contribution in [0.1, 0.15) is 16.1 Å². The lowest BCUT2D eigenvalue weighted by Gasteiger charge is -2.17. The predicted molar refractivity (Wildman–Crippen MR) is 81.0 cm³/mol. The average Bonchev–Trinajstić information content (AvgIpc) is 3.00. The zero-order chi connectivity index (χ0) is 14.7. The Hall–Kier alpha value is -2.69. The van der Waals surface area contributed by atoms with Crippen LogP contribution in [0, 0.1) is 0 Å². The van der Waals surface area contributed by atoms with Gasteiger partial charge >= 0.3 is 0 Å². The number of aromatic nitrogens is 3. The van der Waals surface area contributed by atoms with E-state index in [1.807, 2.05) is 43.4 Å². The van der Waals surface area contributed by atoms with Gasteiger partial charge in [-0.3, -0.25) is 14.9 Å². The van der Waals surface area contributed by atoms with Gasteiger partial charge in [0, 0.05) is 42.9 Å². The summed E-state index contributed by atoms with van der Waals surface area (Å²) in [4.78, 5) is 18.4. The molecule has 3 aromatic rings. The molecule has 0 bridgehead atoms. The molecule has 0 atom stereocenters. The van der Waals surface area contributed by atoms with Gasteiger partial charge in [-0.25, -0.2) is 0 Å². The van der Waals surface area contributed by atoms with Crippen molar-refractivity contribution in [1.82, 2.24) is 20.1 Å². The topological polar surface area (TPSA) is 61.9 Å². The molecule has 0 saturated carbocycles. The Morgan fingerprint density at radius 2 is 2.19 bits per heavy atom. The summed E-state index contributed by atoms with van der Waals surface area (Å²) in [6, 6.07) is 11.4. The average molecular weight is 280 g/mol. The number of pyridine rings is 1. The number of nitrogens with one attached hydrogen (secondary N) is 1. The lowest BCUT2D eigenvalue weighted by molar-refractivity contribution is 0.0796. The molecule has 2 heterocycles. The Balaban J connectivity index is 1.69. The molecule has 0 aliphatic heterocycles. The Morgan fingerprint density at radius 1 is 1.29 bits per heavy atom. The molecule has 0 radical (unpaired) electrons. The molecule has 0 saturated heterocycles. The molecule has 1 amide bonds. The second kappa shape index (κ2) is 5.75. The minimum absolute atomic E-state index is 0.00225. The van der Waals surface area contributed by atoms with Crippen LogP contribution in [-0.4, -0.2) is 39.6 Å². The second-order valence-corrected chi connectivity index (χ2v) is 4.97. The van der Waals surface area contributed by atoms with E-state index < -0.39 is 0 Å². The molecule has 1 N–H and O–H groups in total. The van der Waals surface area contributed by atoms with Crippen LogP contribution in [0.5, 0.6) is 0 Å². The number of carbonyl (C=O) groups excluding carboxylic acids is 1. The highest BCUT2D eigenvalue weighted by molar-refractivity contribution is 5.97. The number of fused-ring (bicyclic) bond motifs is 1. The monoisotopic (exact) mass is 280 g/mol. The van der Waals surface area contributed by atoms with Crippen molar-refractivity contribution in [2.75, 3.05) is 13.6 Å². The van der Waals surface area contributed by atoms with Crippen LogP contribution < -0.4 is 0 Å². The number of nitrogens with zero attached hydrogens (tertiary/aromatic N) is 3. The van der Waals surface area contributed by atoms with E-state index in [0.29, 0.717) is 12.1 Å². The highest BCUT2D eigenvalue weighted by Crippen LogP contribution is 2.14. The molecule has 1 aromatic carbocycles. The summed E-state index contributed by atoms with van der Waals surface area (Å²) in [5.74, 6) is 0.00225. The first-order valence-corrected chi connectivity index (χ1v) is 6.82. The summed E-state index contributed by atoms with van der Waals surface area (Å²) < 4.78 is 0. The number of carbonyl (C=O) groups is 1. The summed E-state index contributed by atoms with van der Waals surface area (Å²) in [5, 5.41) is 7.85. The molecular formula is C16H16N4O. The van der Waals surface area contributed by atoms with Crippen LogP contribution in [0.25, 0.3) is 10.9 Å². The lowest BCUT2D eigenvalue weighted by Crippen LogP contribution is -2.28. The van der Waals surface area contributed by atoms with Gasteiger partial charge in [-0.15, -0.1) is 0 Å². The smallest absolute Gasteiger partial charge is 0.253 e. The van der Waals surface area contributed by atoms with Gasteiger partial charge in [0.25, 0.3) is 5.91 Å². The summed E-state index contributed by atoms with van der Waals surface area (Å²) >= 11 is 0. The standard InChI is InChI=1S/C16H16N4O/c1-20(9-7-14-4-2-3-8-17-14)16(21)12-5-6-13-11-18-19-15(13)10-12/h2-6,8,10-11H,7,9H2,1H3,(H,18,19). The van der Waals surface area contributed by atoms with Crippen molar-refractivity contribution in [3.05, 3.63) is 60.0 Å². The maximum Gasteiger partial charge on any atom is 0.253 e. The van der Waals surface area contributed by atoms with Crippen LogP contribution in [0.4, 0.5) is 0 Å². The zero-order valence-electron chi connectivity index (χ0n) is 11.8. The number of likely N-dealkylation sites (N-methyl/N-ethyl adjacent to an activating group) is 1. The molecular weight excluding hydrogens is 264 g/mol. The molecule has 21 heavy (non-hydrogen) atoms. The van der Waals surface area contributed by atoms with Gasteiger partial charge in [-0.05, 0) is 24.3 Å². The number of aromatic amines is 1. The minimum atomic E-state index is 0.00225. The van der Waals surface area contributed by atoms with Crippen LogP contribution >= 0.6 is 0 Å². The zero-order valence-corrected chi connectivity index (χ0v) is 11.8. The third-order valence-corrected chi connectivity index (χ3v) is 3.47. The van der Waals surface area contributed by atoms with Crippen molar-refractivity contribution < 1.29 is 4.79 Å². The maximum atomic E-state index is 12.4. The van der Waals surface area contributed by atoms with Crippen molar-refractivity contribution in [3.63, 3.8) is 0 Å². The molecule has 5 heteroatoms. The van der Waals surface area contributed by atoms with E-state index in [2.05, 4.69) is 15.2 Å². The largest absolute Gasteiger partial charge is 0.341 e. The lowest BCUT2D eigenvalue weighted by atomic mass is 10.1. The van der Waals surface area contributed by atoms with E-state index in [0.717, 1.165) is 23.0 Å². The number of amides is 1. The van der Waals surface area contributed by atoms with Crippen molar-refractivity contribution in [2.45, 2.75) is 6.42 Å². The van der Waals surface area contributed by atoms with E-state index >= 15 is 0 Å². The number of benzene rings is 1. The van der Waals surface area contributed by atoms with Crippen molar-refractivity contribution in [2.24, 2.45) is 0 Å². The fourth-order valence-corrected chi connectivity index (χ4v) is 2.22. The van der Waals surface area contributed by atoms with Crippen molar-refractivity contribution in [3.8, 4) is 0 Å². The van der Waals surface area contributed by atoms with Crippen molar-refractivity contribution >= 4 is 16.8 Å². The first-order valence-electron chi connectivity index (χ1n) is 6.82. The Bertz CT molecular complexity index is 751. The van der Waals surface area contributed by atoms with Gasteiger partial charge in [0.2, 0.25) is 0 Å². The molecule has 2 aromatic heterocycles. The third kappa shape index (κ3) is 2.91. The van der Waals surface area contributed by atoms with E-state index in [-0.39, 0.29) is 5.91 Å². The summed E-state index contributed by atoms with van der Waals surface area (Å²) in [7, 11) is 1.81. The SMILES string of the molecule is CN(CCc1ccccn1)C(=O)c1ccc2cn[nH]c2c1. The van der Waals surface area contributed by atoms with E-state index in [4.69, 9.17) is 0 Å². The number of hydrogen-bond acceptors (Lipinski definition) is 3. The predicted octanol–water partition coefficient (Wildman–Crippen LogP) is 2.27. The number of hydrogen-bond donors (Lipinski definition) is 1. The van der Waals surface area contributed by atoms with Gasteiger partial charge in [-0.2, -0.15) is 5.10 Å². The van der Waals surface area contributed by atoms with Gasteiger partial charge < -0.3 is 4.90 Å². The highest BCUT2D eigenvalue weighted by atomic mass is 16.2. The fraction of sp³-hybridized carbons (Fsp3) is 0.188. The first kappa shape index (κ1) is 13.3. The van der Waals surface area contributed by atoms with Crippen LogP contribution in [0.3, 0.4) is 0 Å². The van der Waals surface area contributed by atoms with Crippen LogP contribution in [-0.2, 0) is 6.42 Å². The molecule has 3 rings (SSSR count). The third-order valence-electron chi connectivity index (χ3n) is 3.47. The van der Waals surface area contributed by atoms with E-state index in [9.17, 15) is 4.79 Å². The Morgan fingerprint density at radius 3 is 3.00 bits per heavy atom. The molecule has 0 fully saturated rings. The molecule has 0 aliphatic rings. The van der Waals surface area contributed by atoms with Gasteiger partial charge in [0.1, 0.15) is 0 Å². The van der Waals surface area contributed by atoms with Gasteiger partial charge in [0.05, 0.1) is 11.7 Å². The quantitative estimate of drug-likeness (QED) is 0.797.